The molecule has 11 aromatic carbocycles. The molecule has 3 aliphatic rings. The summed E-state index contributed by atoms with van der Waals surface area (Å²) in [4.78, 5) is 75.3. The third-order valence-electron chi connectivity index (χ3n) is 16.4. The van der Waals surface area contributed by atoms with E-state index in [9.17, 15) is 33.6 Å². The Morgan fingerprint density at radius 2 is 0.717 bits per heavy atom. The molecule has 0 radical (unpaired) electrons. The van der Waals surface area contributed by atoms with Crippen LogP contribution in [-0.2, 0) is 46.5 Å². The summed E-state index contributed by atoms with van der Waals surface area (Å²) < 4.78 is 3.05. The van der Waals surface area contributed by atoms with E-state index in [1.54, 1.807) is 0 Å². The summed E-state index contributed by atoms with van der Waals surface area (Å²) in [5.74, 6) is -0.0929. The average molecular weight is 1740 g/mol. The van der Waals surface area contributed by atoms with Crippen molar-refractivity contribution >= 4 is 138 Å². The lowest BCUT2D eigenvalue weighted by atomic mass is 9.91. The van der Waals surface area contributed by atoms with Crippen molar-refractivity contribution in [1.29, 1.82) is 0 Å². The summed E-state index contributed by atoms with van der Waals surface area (Å²) in [6.45, 7) is 36.1. The van der Waals surface area contributed by atoms with Gasteiger partial charge in [-0.2, -0.15) is 0 Å². The molecule has 0 aliphatic heterocycles. The molecule has 0 amide bonds. The molecule has 606 valence electrons. The first-order chi connectivity index (χ1) is 55.1. The Kier molecular flexibility index (Phi) is 63.6. The van der Waals surface area contributed by atoms with E-state index >= 15 is 0 Å². The highest BCUT2D eigenvalue weighted by molar-refractivity contribution is 9.15. The van der Waals surface area contributed by atoms with E-state index in [4.69, 9.17) is 16.7 Å². The second-order valence-corrected chi connectivity index (χ2v) is 26.1. The summed E-state index contributed by atoms with van der Waals surface area (Å²) in [6.07, 6.45) is 14.3. The zero-order valence-electron chi connectivity index (χ0n) is 70.5. The molecule has 0 aromatic heterocycles. The summed E-state index contributed by atoms with van der Waals surface area (Å²) in [7, 11) is 0. The average Bonchev–Trinajstić information content (AvgIpc) is 0.573. The van der Waals surface area contributed by atoms with Crippen molar-refractivity contribution in [1.82, 2.24) is 0 Å². The van der Waals surface area contributed by atoms with Crippen molar-refractivity contribution in [2.24, 2.45) is 0 Å². The Morgan fingerprint density at radius 1 is 0.363 bits per heavy atom. The molecular formula is C101H126Br3ClO8. The van der Waals surface area contributed by atoms with Crippen LogP contribution >= 0.6 is 59.4 Å². The SMILES string of the molecule is CC.CC.CC.CC.CC.CC.CC.CC.Cc1ccc2ccccc2c1Br.Cc1ccc2ccccc2c1C=O.O=C(Cl)CCCc1ccccc1.O=C(O)CCCc1ccccc1.O=C1CCCc2ccccc21.O=C1CCCc2ccccc21.O=CC1=C(Br)c2ccccc2CC1.O=Cc1ccc2ccccc2c1Br. The number of halogens is 4. The smallest absolute Gasteiger partial charge is 0.303 e. The number of rotatable bonds is 11. The summed E-state index contributed by atoms with van der Waals surface area (Å²) in [5, 5.41) is 15.1. The van der Waals surface area contributed by atoms with Crippen LogP contribution in [-0.4, -0.2) is 46.7 Å². The third kappa shape index (κ3) is 39.7. The number of carboxylic acid groups (broad SMARTS) is 1. The maximum atomic E-state index is 11.3. The number of benzene rings is 11. The summed E-state index contributed by atoms with van der Waals surface area (Å²) in [5.41, 5.74) is 14.0. The second kappa shape index (κ2) is 67.6. The Labute approximate surface area is 709 Å². The number of aldehydes is 3. The van der Waals surface area contributed by atoms with Gasteiger partial charge >= 0.3 is 5.97 Å². The van der Waals surface area contributed by atoms with Crippen LogP contribution in [0.15, 0.2) is 257 Å². The van der Waals surface area contributed by atoms with Gasteiger partial charge in [0.05, 0.1) is 0 Å². The van der Waals surface area contributed by atoms with Crippen LogP contribution in [0.1, 0.15) is 255 Å². The number of Topliss-reactive ketones (excluding diaryl/α,β-unsaturated/α-hetero) is 2. The molecular weight excluding hydrogens is 1620 g/mol. The van der Waals surface area contributed by atoms with Gasteiger partial charge in [-0.25, -0.2) is 0 Å². The molecule has 14 rings (SSSR count). The topological polar surface area (TPSA) is 140 Å². The molecule has 3 aliphatic carbocycles. The molecule has 8 nitrogen and oxygen atoms in total. The zero-order valence-corrected chi connectivity index (χ0v) is 76.1. The van der Waals surface area contributed by atoms with Crippen molar-refractivity contribution in [3.63, 3.8) is 0 Å². The van der Waals surface area contributed by atoms with E-state index < -0.39 is 5.97 Å². The molecule has 12 heteroatoms. The van der Waals surface area contributed by atoms with Crippen LogP contribution in [0.4, 0.5) is 0 Å². The van der Waals surface area contributed by atoms with Crippen molar-refractivity contribution < 1.29 is 38.7 Å². The molecule has 0 fully saturated rings. The first kappa shape index (κ1) is 106. The summed E-state index contributed by atoms with van der Waals surface area (Å²) >= 11 is 15.7. The molecule has 0 saturated heterocycles. The number of hydrogen-bond donors (Lipinski definition) is 1. The number of carbonyl (C=O) groups is 7. The lowest BCUT2D eigenvalue weighted by Gasteiger charge is -2.16. The number of carboxylic acids is 1. The van der Waals surface area contributed by atoms with Gasteiger partial charge in [-0.1, -0.05) is 347 Å². The van der Waals surface area contributed by atoms with E-state index in [1.807, 2.05) is 306 Å². The molecule has 113 heavy (non-hydrogen) atoms. The maximum absolute atomic E-state index is 11.3. The van der Waals surface area contributed by atoms with E-state index in [0.717, 1.165) is 160 Å². The Hall–Kier alpha value is -8.84. The van der Waals surface area contributed by atoms with Gasteiger partial charge in [0.15, 0.2) is 24.1 Å². The Morgan fingerprint density at radius 3 is 1.12 bits per heavy atom. The van der Waals surface area contributed by atoms with E-state index in [1.165, 1.54) is 48.6 Å². The minimum absolute atomic E-state index is 0.245. The van der Waals surface area contributed by atoms with Crippen molar-refractivity contribution in [3.8, 4) is 0 Å². The van der Waals surface area contributed by atoms with Gasteiger partial charge in [-0.15, -0.1) is 0 Å². The first-order valence-electron chi connectivity index (χ1n) is 40.4. The number of fused-ring (bicyclic) bond motifs is 6. The quantitative estimate of drug-likeness (QED) is 0.0997. The maximum Gasteiger partial charge on any atom is 0.303 e. The predicted octanol–water partition coefficient (Wildman–Crippen LogP) is 30.7. The molecule has 0 spiro atoms. The van der Waals surface area contributed by atoms with Crippen LogP contribution in [0.2, 0.25) is 0 Å². The van der Waals surface area contributed by atoms with Gasteiger partial charge in [-0.05, 0) is 220 Å². The van der Waals surface area contributed by atoms with E-state index in [2.05, 4.69) is 109 Å². The van der Waals surface area contributed by atoms with Crippen LogP contribution in [0.25, 0.3) is 36.8 Å². The van der Waals surface area contributed by atoms with Crippen LogP contribution in [0, 0.1) is 13.8 Å². The number of aryl methyl sites for hydroxylation is 7. The van der Waals surface area contributed by atoms with Crippen molar-refractivity contribution in [2.75, 3.05) is 0 Å². The van der Waals surface area contributed by atoms with Gasteiger partial charge in [0.2, 0.25) is 5.24 Å². The number of allylic oxidation sites excluding steroid dienone is 1. The van der Waals surface area contributed by atoms with Gasteiger partial charge in [0, 0.05) is 66.9 Å². The summed E-state index contributed by atoms with van der Waals surface area (Å²) in [6, 6.07) is 80.3. The third-order valence-corrected chi connectivity index (χ3v) is 19.5. The number of aliphatic carboxylic acids is 1. The molecule has 1 N–H and O–H groups in total. The van der Waals surface area contributed by atoms with Gasteiger partial charge < -0.3 is 5.11 Å². The molecule has 0 bridgehead atoms. The molecule has 0 atom stereocenters. The molecule has 0 saturated carbocycles. The minimum atomic E-state index is -0.717. The molecule has 0 unspecified atom stereocenters. The van der Waals surface area contributed by atoms with E-state index in [-0.39, 0.29) is 11.7 Å². The Bertz CT molecular complexity index is 4370. The normalized spacial score (nSPS) is 10.9. The monoisotopic (exact) mass is 1740 g/mol. The predicted molar refractivity (Wildman–Crippen MR) is 500 cm³/mol. The zero-order chi connectivity index (χ0) is 85.3. The van der Waals surface area contributed by atoms with Gasteiger partial charge in [0.25, 0.3) is 0 Å². The highest BCUT2D eigenvalue weighted by Crippen LogP contribution is 2.35. The van der Waals surface area contributed by atoms with Crippen LogP contribution in [0.5, 0.6) is 0 Å². The highest BCUT2D eigenvalue weighted by Gasteiger charge is 2.18. The lowest BCUT2D eigenvalue weighted by Crippen LogP contribution is -2.09. The number of ketones is 2. The number of hydrogen-bond acceptors (Lipinski definition) is 7. The van der Waals surface area contributed by atoms with Crippen molar-refractivity contribution in [2.45, 2.75) is 215 Å². The fourth-order valence-corrected chi connectivity index (χ4v) is 13.1. The minimum Gasteiger partial charge on any atom is -0.481 e. The van der Waals surface area contributed by atoms with Crippen LogP contribution in [0.3, 0.4) is 0 Å². The molecule has 11 aromatic rings. The van der Waals surface area contributed by atoms with E-state index in [0.29, 0.717) is 23.6 Å². The standard InChI is InChI=1S/C12H10O.C11H9BrO.C11H7BrO.C11H9Br.C10H11ClO.C10H12O2.2C10H10O.8C2H6/c1-9-6-7-10-4-2-3-5-11(10)12(9)8-13;2*12-11-9(7-13)6-5-8-3-1-2-4-10(8)11;1-8-6-7-9-4-2-3-5-10(9)11(8)12;2*11-10(12)8-4-7-9-5-2-1-3-6-9;2*11-10-7-3-5-8-4-1-2-6-9(8)10;8*1-2/h2-8H,1H3;1-4,7H,5-6H2;1-7H;2-7H,1H3;1-3,5-6H,4,7-8H2;1-3,5-6H,4,7-8H2,(H,11,12);2*1-2,4,6H,3,5,7H2;8*1-2H3. The fourth-order valence-electron chi connectivity index (χ4n) is 11.2. The lowest BCUT2D eigenvalue weighted by molar-refractivity contribution is -0.137. The number of carbonyl (C=O) groups excluding carboxylic acids is 6. The highest BCUT2D eigenvalue weighted by atomic mass is 79.9. The first-order valence-corrected chi connectivity index (χ1v) is 43.2. The van der Waals surface area contributed by atoms with Gasteiger partial charge in [0.1, 0.15) is 6.29 Å². The van der Waals surface area contributed by atoms with Crippen molar-refractivity contribution in [3.05, 3.63) is 324 Å². The second-order valence-electron chi connectivity index (χ2n) is 23.3. The Balaban J connectivity index is 0. The fraction of sp³-hybridized carbons (Fsp3) is 0.317. The van der Waals surface area contributed by atoms with Crippen LogP contribution < -0.4 is 0 Å². The largest absolute Gasteiger partial charge is 0.481 e. The molecule has 0 heterocycles. The van der Waals surface area contributed by atoms with Gasteiger partial charge in [-0.3, -0.25) is 33.6 Å².